The smallest absolute Gasteiger partial charge is 0.545 e. The summed E-state index contributed by atoms with van der Waals surface area (Å²) in [5, 5.41) is 29.2. The first-order chi connectivity index (χ1) is 9.54. The summed E-state index contributed by atoms with van der Waals surface area (Å²) in [5.74, 6) is -3.45. The summed E-state index contributed by atoms with van der Waals surface area (Å²) < 4.78 is 0. The molecule has 0 heterocycles. The Morgan fingerprint density at radius 3 is 0.773 bits per heavy atom. The molecule has 0 aromatic rings. The fourth-order valence-corrected chi connectivity index (χ4v) is 0.433. The van der Waals surface area contributed by atoms with Crippen molar-refractivity contribution >= 4 is 17.9 Å². The Balaban J connectivity index is -0.000000108. The number of carboxylic acid groups (broad SMARTS) is 3. The van der Waals surface area contributed by atoms with Crippen LogP contribution in [0, 0.1) is 0 Å². The van der Waals surface area contributed by atoms with Crippen LogP contribution >= 0.6 is 0 Å². The second-order valence-corrected chi connectivity index (χ2v) is 3.73. The van der Waals surface area contributed by atoms with Gasteiger partial charge in [-0.1, -0.05) is 40.5 Å². The normalized spacial score (nSPS) is 7.77. The van der Waals surface area contributed by atoms with E-state index in [0.717, 1.165) is 0 Å². The van der Waals surface area contributed by atoms with Gasteiger partial charge in [-0.2, -0.15) is 0 Å². The minimum absolute atomic E-state index is 0. The second-order valence-electron chi connectivity index (χ2n) is 3.73. The van der Waals surface area contributed by atoms with E-state index in [-0.39, 0.29) is 34.1 Å². The average Bonchev–Trinajstić information content (AvgIpc) is 2.45. The van der Waals surface area contributed by atoms with Crippen molar-refractivity contribution in [3.05, 3.63) is 36.5 Å². The molecule has 0 fully saturated rings. The zero-order chi connectivity index (χ0) is 17.6. The van der Waals surface area contributed by atoms with E-state index in [0.29, 0.717) is 19.3 Å². The van der Waals surface area contributed by atoms with Gasteiger partial charge in [0, 0.05) is 0 Å². The molecule has 0 unspecified atom stereocenters. The molecule has 0 aromatic carbocycles. The van der Waals surface area contributed by atoms with Gasteiger partial charge in [0.1, 0.15) is 0 Å². The summed E-state index contributed by atoms with van der Waals surface area (Å²) in [6, 6.07) is 0. The van der Waals surface area contributed by atoms with E-state index >= 15 is 0 Å². The van der Waals surface area contributed by atoms with Crippen LogP contribution in [0.1, 0.15) is 40.0 Å². The number of hydrogen-bond acceptors (Lipinski definition) is 6. The largest absolute Gasteiger partial charge is 3.00 e. The number of rotatable bonds is 6. The zero-order valence-electron chi connectivity index (χ0n) is 13.1. The maximum atomic E-state index is 9.72. The molecule has 0 N–H and O–H groups in total. The molecule has 6 nitrogen and oxygen atoms in total. The van der Waals surface area contributed by atoms with Gasteiger partial charge in [-0.15, -0.1) is 0 Å². The summed E-state index contributed by atoms with van der Waals surface area (Å²) in [6.45, 7) is 14.8. The van der Waals surface area contributed by atoms with Crippen LogP contribution in [-0.4, -0.2) is 17.9 Å². The minimum atomic E-state index is -1.15. The number of hydrogen-bond donors (Lipinski definition) is 0. The van der Waals surface area contributed by atoms with Gasteiger partial charge in [-0.3, -0.25) is 0 Å². The van der Waals surface area contributed by atoms with Crippen LogP contribution in [-0.2, 0) is 31.7 Å². The third kappa shape index (κ3) is 20.5. The fourth-order valence-electron chi connectivity index (χ4n) is 0.433. The average molecular weight is 349 g/mol. The first-order valence-electron chi connectivity index (χ1n) is 6.22. The molecule has 0 aliphatic carbocycles. The van der Waals surface area contributed by atoms with Crippen molar-refractivity contribution in [3.63, 3.8) is 0 Å². The third-order valence-electron chi connectivity index (χ3n) is 2.15. The second kappa shape index (κ2) is 17.2. The predicted molar refractivity (Wildman–Crippen MR) is 73.3 cm³/mol. The quantitative estimate of drug-likeness (QED) is 0.573. The maximum Gasteiger partial charge on any atom is 3.00 e. The van der Waals surface area contributed by atoms with Crippen LogP contribution in [0.3, 0.4) is 0 Å². The maximum absolute atomic E-state index is 9.72. The number of aliphatic carboxylic acids is 3. The molecule has 7 heteroatoms. The Morgan fingerprint density at radius 2 is 0.773 bits per heavy atom. The van der Waals surface area contributed by atoms with E-state index in [1.54, 1.807) is 20.8 Å². The summed E-state index contributed by atoms with van der Waals surface area (Å²) in [5.41, 5.74) is 0.458. The number of carbonyl (C=O) groups is 3. The molecular formula is C15H21CrO6. The Hall–Kier alpha value is -1.84. The van der Waals surface area contributed by atoms with Crippen molar-refractivity contribution in [2.45, 2.75) is 40.0 Å². The summed E-state index contributed by atoms with van der Waals surface area (Å²) in [4.78, 5) is 29.2. The third-order valence-corrected chi connectivity index (χ3v) is 2.15. The van der Waals surface area contributed by atoms with E-state index in [2.05, 4.69) is 19.7 Å². The van der Waals surface area contributed by atoms with Gasteiger partial charge in [0.15, 0.2) is 0 Å². The molecule has 0 spiro atoms. The van der Waals surface area contributed by atoms with E-state index < -0.39 is 17.9 Å². The first kappa shape index (κ1) is 28.3. The standard InChI is InChI=1S/3C5H8O2.Cr/c3*1-3-4(2)5(6)7;/h3*2-3H2,1H3,(H,6,7);/q;;;+3/p-3. The molecule has 0 aromatic heterocycles. The zero-order valence-corrected chi connectivity index (χ0v) is 14.4. The van der Waals surface area contributed by atoms with Gasteiger partial charge < -0.3 is 29.7 Å². The number of carbonyl (C=O) groups excluding carboxylic acids is 3. The van der Waals surface area contributed by atoms with E-state index in [9.17, 15) is 29.7 Å². The van der Waals surface area contributed by atoms with Crippen LogP contribution in [0.2, 0.25) is 0 Å². The molecule has 0 saturated heterocycles. The first-order valence-corrected chi connectivity index (χ1v) is 6.22. The van der Waals surface area contributed by atoms with Gasteiger partial charge >= 0.3 is 17.4 Å². The SMILES string of the molecule is C=C(CC)C(=O)[O-].C=C(CC)C(=O)[O-].C=C(CC)C(=O)[O-].[Cr+3]. The van der Waals surface area contributed by atoms with Crippen LogP contribution in [0.25, 0.3) is 0 Å². The monoisotopic (exact) mass is 349 g/mol. The Morgan fingerprint density at radius 1 is 0.636 bits per heavy atom. The summed E-state index contributed by atoms with van der Waals surface area (Å²) in [7, 11) is 0. The molecule has 0 bridgehead atoms. The van der Waals surface area contributed by atoms with Crippen molar-refractivity contribution in [2.75, 3.05) is 0 Å². The molecule has 1 radical (unpaired) electrons. The molecule has 0 amide bonds. The van der Waals surface area contributed by atoms with Crippen LogP contribution < -0.4 is 15.3 Å². The molecule has 0 aliphatic rings. The van der Waals surface area contributed by atoms with E-state index in [1.807, 2.05) is 0 Å². The van der Waals surface area contributed by atoms with E-state index in [4.69, 9.17) is 0 Å². The van der Waals surface area contributed by atoms with Gasteiger partial charge in [0.2, 0.25) is 0 Å². The van der Waals surface area contributed by atoms with Crippen molar-refractivity contribution < 1.29 is 47.1 Å². The van der Waals surface area contributed by atoms with Gasteiger partial charge in [-0.25, -0.2) is 0 Å². The topological polar surface area (TPSA) is 120 Å². The molecule has 0 atom stereocenters. The van der Waals surface area contributed by atoms with Gasteiger partial charge in [-0.05, 0) is 36.0 Å². The molecule has 0 saturated carbocycles. The van der Waals surface area contributed by atoms with Crippen LogP contribution in [0.15, 0.2) is 36.5 Å². The minimum Gasteiger partial charge on any atom is -0.545 e. The predicted octanol–water partition coefficient (Wildman–Crippen LogP) is -0.895. The molecule has 123 valence electrons. The summed E-state index contributed by atoms with van der Waals surface area (Å²) >= 11 is 0. The van der Waals surface area contributed by atoms with Crippen LogP contribution in [0.5, 0.6) is 0 Å². The molecule has 0 rings (SSSR count). The van der Waals surface area contributed by atoms with Crippen molar-refractivity contribution in [2.24, 2.45) is 0 Å². The van der Waals surface area contributed by atoms with E-state index in [1.165, 1.54) is 0 Å². The Labute approximate surface area is 142 Å². The van der Waals surface area contributed by atoms with Gasteiger partial charge in [0.25, 0.3) is 0 Å². The van der Waals surface area contributed by atoms with Gasteiger partial charge in [0.05, 0.1) is 17.9 Å². The van der Waals surface area contributed by atoms with Crippen molar-refractivity contribution in [3.8, 4) is 0 Å². The van der Waals surface area contributed by atoms with Crippen molar-refractivity contribution in [1.29, 1.82) is 0 Å². The molecule has 22 heavy (non-hydrogen) atoms. The van der Waals surface area contributed by atoms with Crippen LogP contribution in [0.4, 0.5) is 0 Å². The number of carboxylic acids is 3. The summed E-state index contributed by atoms with van der Waals surface area (Å²) in [6.07, 6.45) is 1.38. The van der Waals surface area contributed by atoms with Crippen molar-refractivity contribution in [1.82, 2.24) is 0 Å². The fraction of sp³-hybridized carbons (Fsp3) is 0.400. The molecule has 0 aliphatic heterocycles. The molecular weight excluding hydrogens is 328 g/mol. The Kier molecular flexibility index (Phi) is 22.2. The Bertz CT molecular complexity index is 350.